The number of hydrogen-bond acceptors (Lipinski definition) is 4. The number of benzene rings is 1. The standard InChI is InChI=1S/C17H22N2O4/c1-10-4-5-12(8-11(10)2)9-14(17(22)23-3)19-16(21)13-6-7-15(20)18-13/h4-5,8,13-14H,6-7,9H2,1-3H3,(H,18,20)(H,19,21)/t13-,14-/m0/s1. The van der Waals surface area contributed by atoms with Crippen LogP contribution in [-0.4, -0.2) is 37.0 Å². The van der Waals surface area contributed by atoms with Crippen LogP contribution in [0.2, 0.25) is 0 Å². The molecule has 1 aromatic rings. The predicted octanol–water partition coefficient (Wildman–Crippen LogP) is 0.782. The van der Waals surface area contributed by atoms with Crippen molar-refractivity contribution in [3.8, 4) is 0 Å². The number of rotatable bonds is 5. The van der Waals surface area contributed by atoms with Gasteiger partial charge >= 0.3 is 5.97 Å². The van der Waals surface area contributed by atoms with E-state index in [2.05, 4.69) is 10.6 Å². The molecule has 1 aromatic carbocycles. The number of hydrogen-bond donors (Lipinski definition) is 2. The number of methoxy groups -OCH3 is 1. The Kier molecular flexibility index (Phi) is 5.36. The molecule has 0 aliphatic carbocycles. The van der Waals surface area contributed by atoms with Gasteiger partial charge in [-0.2, -0.15) is 0 Å². The van der Waals surface area contributed by atoms with Crippen molar-refractivity contribution in [2.24, 2.45) is 0 Å². The van der Waals surface area contributed by atoms with Gasteiger partial charge in [0, 0.05) is 12.8 Å². The molecule has 0 aromatic heterocycles. The lowest BCUT2D eigenvalue weighted by molar-refractivity contribution is -0.145. The molecule has 6 heteroatoms. The molecular formula is C17H22N2O4. The van der Waals surface area contributed by atoms with Crippen LogP contribution in [0.4, 0.5) is 0 Å². The largest absolute Gasteiger partial charge is 0.467 e. The lowest BCUT2D eigenvalue weighted by Crippen LogP contribution is -2.50. The van der Waals surface area contributed by atoms with E-state index >= 15 is 0 Å². The van der Waals surface area contributed by atoms with Crippen LogP contribution in [0, 0.1) is 13.8 Å². The zero-order valence-electron chi connectivity index (χ0n) is 13.6. The Labute approximate surface area is 135 Å². The van der Waals surface area contributed by atoms with Crippen LogP contribution >= 0.6 is 0 Å². The monoisotopic (exact) mass is 318 g/mol. The summed E-state index contributed by atoms with van der Waals surface area (Å²) in [4.78, 5) is 35.4. The molecule has 1 saturated heterocycles. The van der Waals surface area contributed by atoms with Crippen molar-refractivity contribution in [1.82, 2.24) is 10.6 Å². The molecule has 6 nitrogen and oxygen atoms in total. The normalized spacial score (nSPS) is 18.2. The van der Waals surface area contributed by atoms with Crippen LogP contribution in [0.25, 0.3) is 0 Å². The van der Waals surface area contributed by atoms with E-state index < -0.39 is 18.1 Å². The molecule has 0 bridgehead atoms. The van der Waals surface area contributed by atoms with E-state index in [1.54, 1.807) is 0 Å². The second kappa shape index (κ2) is 7.26. The topological polar surface area (TPSA) is 84.5 Å². The van der Waals surface area contributed by atoms with Gasteiger partial charge in [0.05, 0.1) is 7.11 Å². The molecule has 1 heterocycles. The maximum atomic E-state index is 12.2. The molecule has 0 saturated carbocycles. The molecule has 2 N–H and O–H groups in total. The summed E-state index contributed by atoms with van der Waals surface area (Å²) in [6.45, 7) is 4.01. The summed E-state index contributed by atoms with van der Waals surface area (Å²) in [6.07, 6.45) is 1.13. The van der Waals surface area contributed by atoms with Gasteiger partial charge in [0.25, 0.3) is 0 Å². The smallest absolute Gasteiger partial charge is 0.328 e. The maximum absolute atomic E-state index is 12.2. The van der Waals surface area contributed by atoms with E-state index in [-0.39, 0.29) is 11.8 Å². The summed E-state index contributed by atoms with van der Waals surface area (Å²) in [6, 6.07) is 4.57. The van der Waals surface area contributed by atoms with E-state index in [4.69, 9.17) is 4.74 Å². The number of ether oxygens (including phenoxy) is 1. The van der Waals surface area contributed by atoms with Gasteiger partial charge < -0.3 is 15.4 Å². The highest BCUT2D eigenvalue weighted by Gasteiger charge is 2.30. The molecule has 1 fully saturated rings. The third kappa shape index (κ3) is 4.31. The molecule has 0 spiro atoms. The summed E-state index contributed by atoms with van der Waals surface area (Å²) in [5, 5.41) is 5.28. The highest BCUT2D eigenvalue weighted by Crippen LogP contribution is 2.13. The number of nitrogens with one attached hydrogen (secondary N) is 2. The summed E-state index contributed by atoms with van der Waals surface area (Å²) in [5.41, 5.74) is 3.24. The summed E-state index contributed by atoms with van der Waals surface area (Å²) in [7, 11) is 1.29. The number of carbonyl (C=O) groups excluding carboxylic acids is 3. The van der Waals surface area contributed by atoms with Gasteiger partial charge in [-0.05, 0) is 37.0 Å². The molecule has 2 rings (SSSR count). The van der Waals surface area contributed by atoms with Crippen LogP contribution in [0.5, 0.6) is 0 Å². The van der Waals surface area contributed by atoms with Crippen molar-refractivity contribution in [2.75, 3.05) is 7.11 Å². The van der Waals surface area contributed by atoms with Crippen LogP contribution in [-0.2, 0) is 25.5 Å². The highest BCUT2D eigenvalue weighted by atomic mass is 16.5. The number of amides is 2. The lowest BCUT2D eigenvalue weighted by atomic mass is 10.0. The number of aryl methyl sites for hydroxylation is 2. The zero-order chi connectivity index (χ0) is 17.0. The molecule has 2 amide bonds. The first-order valence-corrected chi connectivity index (χ1v) is 7.64. The van der Waals surface area contributed by atoms with Crippen molar-refractivity contribution in [1.29, 1.82) is 0 Å². The highest BCUT2D eigenvalue weighted by molar-refractivity contribution is 5.93. The summed E-state index contributed by atoms with van der Waals surface area (Å²) < 4.78 is 4.78. The van der Waals surface area contributed by atoms with E-state index in [0.717, 1.165) is 11.1 Å². The fraction of sp³-hybridized carbons (Fsp3) is 0.471. The SMILES string of the molecule is COC(=O)[C@H](Cc1ccc(C)c(C)c1)NC(=O)[C@@H]1CCC(=O)N1. The third-order valence-electron chi connectivity index (χ3n) is 4.13. The Morgan fingerprint density at radius 2 is 2.09 bits per heavy atom. The second-order valence-corrected chi connectivity index (χ2v) is 5.87. The van der Waals surface area contributed by atoms with Crippen molar-refractivity contribution < 1.29 is 19.1 Å². The van der Waals surface area contributed by atoms with Crippen molar-refractivity contribution >= 4 is 17.8 Å². The fourth-order valence-corrected chi connectivity index (χ4v) is 2.58. The Balaban J connectivity index is 2.07. The number of esters is 1. The average Bonchev–Trinajstić information content (AvgIpc) is 2.96. The summed E-state index contributed by atoms with van der Waals surface area (Å²) >= 11 is 0. The minimum atomic E-state index is -0.771. The lowest BCUT2D eigenvalue weighted by Gasteiger charge is -2.19. The van der Waals surface area contributed by atoms with Crippen LogP contribution < -0.4 is 10.6 Å². The van der Waals surface area contributed by atoms with Gasteiger partial charge in [0.2, 0.25) is 11.8 Å². The van der Waals surface area contributed by atoms with Crippen LogP contribution in [0.15, 0.2) is 18.2 Å². The first-order chi connectivity index (χ1) is 10.9. The fourth-order valence-electron chi connectivity index (χ4n) is 2.58. The molecule has 2 atom stereocenters. The minimum absolute atomic E-state index is 0.145. The quantitative estimate of drug-likeness (QED) is 0.786. The average molecular weight is 318 g/mol. The molecule has 0 radical (unpaired) electrons. The molecule has 1 aliphatic rings. The first kappa shape index (κ1) is 17.0. The second-order valence-electron chi connectivity index (χ2n) is 5.87. The van der Waals surface area contributed by atoms with Gasteiger partial charge in [0.15, 0.2) is 0 Å². The van der Waals surface area contributed by atoms with Gasteiger partial charge in [-0.1, -0.05) is 18.2 Å². The van der Waals surface area contributed by atoms with Gasteiger partial charge in [-0.25, -0.2) is 4.79 Å². The molecular weight excluding hydrogens is 296 g/mol. The predicted molar refractivity (Wildman–Crippen MR) is 84.7 cm³/mol. The first-order valence-electron chi connectivity index (χ1n) is 7.64. The van der Waals surface area contributed by atoms with E-state index in [1.807, 2.05) is 32.0 Å². The molecule has 1 aliphatic heterocycles. The third-order valence-corrected chi connectivity index (χ3v) is 4.13. The van der Waals surface area contributed by atoms with Crippen molar-refractivity contribution in [2.45, 2.75) is 45.2 Å². The van der Waals surface area contributed by atoms with Gasteiger partial charge in [-0.3, -0.25) is 9.59 Å². The van der Waals surface area contributed by atoms with Gasteiger partial charge in [0.1, 0.15) is 12.1 Å². The van der Waals surface area contributed by atoms with Crippen molar-refractivity contribution in [3.05, 3.63) is 34.9 Å². The molecule has 124 valence electrons. The van der Waals surface area contributed by atoms with E-state index in [1.165, 1.54) is 12.7 Å². The molecule has 0 unspecified atom stereocenters. The molecule has 23 heavy (non-hydrogen) atoms. The Morgan fingerprint density at radius 3 is 2.65 bits per heavy atom. The van der Waals surface area contributed by atoms with Crippen LogP contribution in [0.3, 0.4) is 0 Å². The minimum Gasteiger partial charge on any atom is -0.467 e. The number of carbonyl (C=O) groups is 3. The maximum Gasteiger partial charge on any atom is 0.328 e. The Hall–Kier alpha value is -2.37. The zero-order valence-corrected chi connectivity index (χ0v) is 13.6. The van der Waals surface area contributed by atoms with Gasteiger partial charge in [-0.15, -0.1) is 0 Å². The van der Waals surface area contributed by atoms with E-state index in [9.17, 15) is 14.4 Å². The Morgan fingerprint density at radius 1 is 1.35 bits per heavy atom. The van der Waals surface area contributed by atoms with Crippen LogP contribution in [0.1, 0.15) is 29.5 Å². The van der Waals surface area contributed by atoms with Crippen molar-refractivity contribution in [3.63, 3.8) is 0 Å². The summed E-state index contributed by atoms with van der Waals surface area (Å²) in [5.74, 6) is -0.995. The Bertz CT molecular complexity index is 627. The van der Waals surface area contributed by atoms with E-state index in [0.29, 0.717) is 19.3 Å².